The summed E-state index contributed by atoms with van der Waals surface area (Å²) in [5.74, 6) is -0.243. The van der Waals surface area contributed by atoms with E-state index in [4.69, 9.17) is 0 Å². The SMILES string of the molecule is Fc1ccccc1-n1ncc2c1CCC[C@@H]2NCc1cccc2cnccc12. The summed E-state index contributed by atoms with van der Waals surface area (Å²) in [7, 11) is 0. The Balaban J connectivity index is 1.42. The summed E-state index contributed by atoms with van der Waals surface area (Å²) in [6, 6.07) is 15.4. The van der Waals surface area contributed by atoms with Gasteiger partial charge in [0.05, 0.1) is 6.20 Å². The zero-order valence-electron chi connectivity index (χ0n) is 15.5. The fraction of sp³-hybridized carbons (Fsp3) is 0.217. The molecule has 0 unspecified atom stereocenters. The summed E-state index contributed by atoms with van der Waals surface area (Å²) in [6.45, 7) is 0.774. The Morgan fingerprint density at radius 1 is 1.07 bits per heavy atom. The molecule has 0 saturated heterocycles. The van der Waals surface area contributed by atoms with Crippen molar-refractivity contribution < 1.29 is 4.39 Å². The minimum atomic E-state index is -0.243. The second-order valence-electron chi connectivity index (χ2n) is 7.25. The largest absolute Gasteiger partial charge is 0.306 e. The second kappa shape index (κ2) is 7.17. The minimum absolute atomic E-state index is 0.223. The molecule has 4 aromatic rings. The number of aromatic nitrogens is 3. The van der Waals surface area contributed by atoms with Crippen LogP contribution in [0.2, 0.25) is 0 Å². The van der Waals surface area contributed by atoms with Gasteiger partial charge in [-0.05, 0) is 48.4 Å². The van der Waals surface area contributed by atoms with Crippen molar-refractivity contribution in [1.29, 1.82) is 0 Å². The summed E-state index contributed by atoms with van der Waals surface area (Å²) in [4.78, 5) is 4.21. The van der Waals surface area contributed by atoms with Crippen LogP contribution in [-0.2, 0) is 13.0 Å². The fourth-order valence-corrected chi connectivity index (χ4v) is 4.18. The number of benzene rings is 2. The zero-order valence-corrected chi connectivity index (χ0v) is 15.5. The summed E-state index contributed by atoms with van der Waals surface area (Å²) >= 11 is 0. The van der Waals surface area contributed by atoms with Crippen LogP contribution in [0, 0.1) is 5.82 Å². The third kappa shape index (κ3) is 2.98. The quantitative estimate of drug-likeness (QED) is 0.563. The van der Waals surface area contributed by atoms with Crippen LogP contribution < -0.4 is 5.32 Å². The lowest BCUT2D eigenvalue weighted by molar-refractivity contribution is 0.454. The number of halogens is 1. The number of fused-ring (bicyclic) bond motifs is 2. The third-order valence-electron chi connectivity index (χ3n) is 5.57. The monoisotopic (exact) mass is 372 g/mol. The molecule has 5 heteroatoms. The zero-order chi connectivity index (χ0) is 18.9. The summed E-state index contributed by atoms with van der Waals surface area (Å²) < 4.78 is 16.0. The van der Waals surface area contributed by atoms with E-state index in [1.807, 2.05) is 24.7 Å². The Morgan fingerprint density at radius 3 is 2.93 bits per heavy atom. The van der Waals surface area contributed by atoms with Gasteiger partial charge in [0.2, 0.25) is 0 Å². The maximum atomic E-state index is 14.3. The molecule has 4 nitrogen and oxygen atoms in total. The molecule has 2 aromatic carbocycles. The molecule has 2 aromatic heterocycles. The first-order valence-electron chi connectivity index (χ1n) is 9.68. The van der Waals surface area contributed by atoms with Crippen LogP contribution in [0.1, 0.15) is 35.7 Å². The predicted molar refractivity (Wildman–Crippen MR) is 108 cm³/mol. The summed E-state index contributed by atoms with van der Waals surface area (Å²) in [5.41, 5.74) is 4.06. The number of nitrogens with one attached hydrogen (secondary N) is 1. The molecule has 1 aliphatic rings. The number of rotatable bonds is 4. The van der Waals surface area contributed by atoms with E-state index in [2.05, 4.69) is 39.7 Å². The summed E-state index contributed by atoms with van der Waals surface area (Å²) in [6.07, 6.45) is 8.67. The van der Waals surface area contributed by atoms with E-state index < -0.39 is 0 Å². The van der Waals surface area contributed by atoms with Crippen molar-refractivity contribution in [3.8, 4) is 5.69 Å². The standard InChI is InChI=1S/C23H21FN4/c24-20-7-1-2-9-23(20)28-22-10-4-8-21(19(22)15-27-28)26-14-17-6-3-5-16-13-25-12-11-18(16)17/h1-3,5-7,9,11-13,15,21,26H,4,8,10,14H2/t21-/m0/s1. The van der Waals surface area contributed by atoms with Gasteiger partial charge in [-0.15, -0.1) is 0 Å². The van der Waals surface area contributed by atoms with Gasteiger partial charge in [0, 0.05) is 41.6 Å². The first-order valence-corrected chi connectivity index (χ1v) is 9.68. The molecule has 0 spiro atoms. The van der Waals surface area contributed by atoms with Crippen LogP contribution in [0.25, 0.3) is 16.5 Å². The van der Waals surface area contributed by atoms with Crippen molar-refractivity contribution in [1.82, 2.24) is 20.1 Å². The minimum Gasteiger partial charge on any atom is -0.306 e. The van der Waals surface area contributed by atoms with Crippen LogP contribution in [0.4, 0.5) is 4.39 Å². The second-order valence-corrected chi connectivity index (χ2v) is 7.25. The molecule has 1 N–H and O–H groups in total. The van der Waals surface area contributed by atoms with Crippen LogP contribution in [-0.4, -0.2) is 14.8 Å². The van der Waals surface area contributed by atoms with Crippen molar-refractivity contribution in [2.24, 2.45) is 0 Å². The Labute approximate surface area is 163 Å². The number of pyridine rings is 1. The predicted octanol–water partition coefficient (Wildman–Crippen LogP) is 4.73. The van der Waals surface area contributed by atoms with Crippen LogP contribution in [0.3, 0.4) is 0 Å². The van der Waals surface area contributed by atoms with Crippen molar-refractivity contribution in [2.75, 3.05) is 0 Å². The highest BCUT2D eigenvalue weighted by atomic mass is 19.1. The first kappa shape index (κ1) is 17.1. The van der Waals surface area contributed by atoms with Crippen molar-refractivity contribution >= 4 is 10.8 Å². The molecule has 140 valence electrons. The molecule has 0 bridgehead atoms. The van der Waals surface area contributed by atoms with Gasteiger partial charge in [-0.25, -0.2) is 9.07 Å². The molecule has 0 fully saturated rings. The van der Waals surface area contributed by atoms with Crippen molar-refractivity contribution in [2.45, 2.75) is 31.8 Å². The van der Waals surface area contributed by atoms with Gasteiger partial charge in [-0.2, -0.15) is 5.10 Å². The molecular formula is C23H21FN4. The molecule has 1 atom stereocenters. The van der Waals surface area contributed by atoms with Gasteiger partial charge in [-0.3, -0.25) is 4.98 Å². The smallest absolute Gasteiger partial charge is 0.148 e. The lowest BCUT2D eigenvalue weighted by atomic mass is 9.92. The maximum absolute atomic E-state index is 14.3. The first-order chi connectivity index (χ1) is 13.8. The number of hydrogen-bond acceptors (Lipinski definition) is 3. The van der Waals surface area contributed by atoms with Crippen molar-refractivity contribution in [3.63, 3.8) is 0 Å². The van der Waals surface area contributed by atoms with Gasteiger partial charge in [0.1, 0.15) is 11.5 Å². The van der Waals surface area contributed by atoms with E-state index >= 15 is 0 Å². The van der Waals surface area contributed by atoms with E-state index in [-0.39, 0.29) is 11.9 Å². The van der Waals surface area contributed by atoms with Crippen molar-refractivity contribution in [3.05, 3.63) is 89.8 Å². The number of nitrogens with zero attached hydrogens (tertiary/aromatic N) is 3. The van der Waals surface area contributed by atoms with Crippen LogP contribution in [0.15, 0.2) is 67.1 Å². The highest BCUT2D eigenvalue weighted by molar-refractivity contribution is 5.84. The van der Waals surface area contributed by atoms with E-state index in [9.17, 15) is 4.39 Å². The van der Waals surface area contributed by atoms with E-state index in [1.54, 1.807) is 16.8 Å². The highest BCUT2D eigenvalue weighted by Gasteiger charge is 2.25. The van der Waals surface area contributed by atoms with Gasteiger partial charge in [-0.1, -0.05) is 30.3 Å². The maximum Gasteiger partial charge on any atom is 0.148 e. The Morgan fingerprint density at radius 2 is 2.00 bits per heavy atom. The van der Waals surface area contributed by atoms with Crippen LogP contribution in [0.5, 0.6) is 0 Å². The molecule has 0 amide bonds. The molecule has 2 heterocycles. The molecule has 0 saturated carbocycles. The fourth-order valence-electron chi connectivity index (χ4n) is 4.18. The third-order valence-corrected chi connectivity index (χ3v) is 5.57. The average Bonchev–Trinajstić information content (AvgIpc) is 3.17. The molecular weight excluding hydrogens is 351 g/mol. The number of para-hydroxylation sites is 1. The van der Waals surface area contributed by atoms with Crippen LogP contribution >= 0.6 is 0 Å². The Kier molecular flexibility index (Phi) is 4.37. The van der Waals surface area contributed by atoms with E-state index in [0.29, 0.717) is 5.69 Å². The van der Waals surface area contributed by atoms with Gasteiger partial charge in [0.25, 0.3) is 0 Å². The van der Waals surface area contributed by atoms with E-state index in [1.165, 1.54) is 22.6 Å². The molecule has 1 aliphatic carbocycles. The summed E-state index contributed by atoms with van der Waals surface area (Å²) in [5, 5.41) is 10.6. The lowest BCUT2D eigenvalue weighted by Gasteiger charge is -2.24. The Hall–Kier alpha value is -3.05. The van der Waals surface area contributed by atoms with E-state index in [0.717, 1.165) is 36.9 Å². The highest BCUT2D eigenvalue weighted by Crippen LogP contribution is 2.32. The molecule has 5 rings (SSSR count). The lowest BCUT2D eigenvalue weighted by Crippen LogP contribution is -2.25. The normalized spacial score (nSPS) is 16.2. The molecule has 28 heavy (non-hydrogen) atoms. The molecule has 0 radical (unpaired) electrons. The Bertz CT molecular complexity index is 1130. The average molecular weight is 372 g/mol. The van der Waals surface area contributed by atoms with Gasteiger partial charge in [0.15, 0.2) is 0 Å². The van der Waals surface area contributed by atoms with Gasteiger partial charge < -0.3 is 5.32 Å². The van der Waals surface area contributed by atoms with Gasteiger partial charge >= 0.3 is 0 Å². The number of hydrogen-bond donors (Lipinski definition) is 1. The topological polar surface area (TPSA) is 42.7 Å². The molecule has 0 aliphatic heterocycles.